The van der Waals surface area contributed by atoms with Gasteiger partial charge >= 0.3 is 17.9 Å². The van der Waals surface area contributed by atoms with Crippen LogP contribution in [0.25, 0.3) is 0 Å². The summed E-state index contributed by atoms with van der Waals surface area (Å²) >= 11 is 0. The van der Waals surface area contributed by atoms with Crippen molar-refractivity contribution in [1.82, 2.24) is 0 Å². The van der Waals surface area contributed by atoms with Crippen LogP contribution in [0.4, 0.5) is 0 Å². The maximum atomic E-state index is 12.9. The van der Waals surface area contributed by atoms with Gasteiger partial charge in [0.15, 0.2) is 6.10 Å². The number of ether oxygens (including phenoxy) is 3. The van der Waals surface area contributed by atoms with Crippen LogP contribution in [0.2, 0.25) is 0 Å². The summed E-state index contributed by atoms with van der Waals surface area (Å²) in [6, 6.07) is 0. The minimum atomic E-state index is -0.775. The van der Waals surface area contributed by atoms with E-state index in [1.54, 1.807) is 0 Å². The lowest BCUT2D eigenvalue weighted by atomic mass is 10.0. The molecule has 0 aromatic heterocycles. The number of carbonyl (C=O) groups is 3. The highest BCUT2D eigenvalue weighted by Crippen LogP contribution is 2.18. The number of allylic oxidation sites excluding steroid dienone is 8. The van der Waals surface area contributed by atoms with Crippen LogP contribution in [0.5, 0.6) is 0 Å². The van der Waals surface area contributed by atoms with Gasteiger partial charge in [0, 0.05) is 19.3 Å². The summed E-state index contributed by atoms with van der Waals surface area (Å²) in [6.45, 7) is 6.61. The van der Waals surface area contributed by atoms with Crippen LogP contribution in [0.1, 0.15) is 380 Å². The van der Waals surface area contributed by atoms with E-state index in [1.807, 2.05) is 0 Å². The molecule has 0 bridgehead atoms. The van der Waals surface area contributed by atoms with Gasteiger partial charge in [0.1, 0.15) is 13.2 Å². The number of carbonyl (C=O) groups excluding carboxylic acids is 3. The molecule has 0 saturated carbocycles. The Labute approximate surface area is 492 Å². The number of unbranched alkanes of at least 4 members (excludes halogenated alkanes) is 46. The van der Waals surface area contributed by atoms with E-state index >= 15 is 0 Å². The summed E-state index contributed by atoms with van der Waals surface area (Å²) in [6.07, 6.45) is 85.8. The molecule has 0 saturated heterocycles. The zero-order chi connectivity index (χ0) is 57.1. The van der Waals surface area contributed by atoms with Crippen molar-refractivity contribution in [2.45, 2.75) is 386 Å². The number of hydrogen-bond donors (Lipinski definition) is 0. The normalized spacial score (nSPS) is 12.3. The molecule has 1 unspecified atom stereocenters. The molecule has 0 aromatic carbocycles. The average Bonchev–Trinajstić information content (AvgIpc) is 3.45. The van der Waals surface area contributed by atoms with Crippen molar-refractivity contribution in [2.75, 3.05) is 13.2 Å². The van der Waals surface area contributed by atoms with Crippen LogP contribution in [-0.2, 0) is 28.6 Å². The Morgan fingerprint density at radius 3 is 0.747 bits per heavy atom. The lowest BCUT2D eigenvalue weighted by molar-refractivity contribution is -0.167. The third kappa shape index (κ3) is 66.1. The average molecular weight is 1110 g/mol. The topological polar surface area (TPSA) is 78.9 Å². The Kier molecular flexibility index (Phi) is 65.6. The molecule has 0 amide bonds. The van der Waals surface area contributed by atoms with Crippen molar-refractivity contribution < 1.29 is 28.6 Å². The zero-order valence-electron chi connectivity index (χ0n) is 53.2. The first-order valence-electron chi connectivity index (χ1n) is 35.1. The number of rotatable bonds is 65. The summed E-state index contributed by atoms with van der Waals surface area (Å²) in [4.78, 5) is 38.3. The van der Waals surface area contributed by atoms with Gasteiger partial charge < -0.3 is 14.2 Å². The summed E-state index contributed by atoms with van der Waals surface area (Å²) in [7, 11) is 0. The van der Waals surface area contributed by atoms with Gasteiger partial charge in [-0.25, -0.2) is 0 Å². The predicted molar refractivity (Wildman–Crippen MR) is 344 cm³/mol. The standard InChI is InChI=1S/C73H134O6/c1-4-7-10-13-16-19-22-25-27-28-29-30-31-32-33-34-35-36-37-38-39-40-41-42-43-44-46-48-51-54-57-60-63-66-72(75)78-69-70(68-77-71(74)65-62-59-56-53-50-47-24-21-18-15-12-9-6-3)79-73(76)67-64-61-58-55-52-49-45-26-23-20-17-14-11-8-5-2/h12,15,21-22,24-25,28-29,70H,4-11,13-14,16-20,23,26-27,30-69H2,1-3H3/b15-12-,24-21-,25-22-,29-28-. The fourth-order valence-electron chi connectivity index (χ4n) is 10.5. The molecule has 0 spiro atoms. The van der Waals surface area contributed by atoms with Gasteiger partial charge in [0.05, 0.1) is 0 Å². The highest BCUT2D eigenvalue weighted by atomic mass is 16.6. The highest BCUT2D eigenvalue weighted by molar-refractivity contribution is 5.71. The SMILES string of the molecule is CCC/C=C\C/C=C\CCCCCCCC(=O)OCC(COC(=O)CCCCCCCCCCCCCCCCCCCCCCC/C=C\C/C=C\CCCCCCC)OC(=O)CCCCCCCCCCCCCCCCC. The largest absolute Gasteiger partial charge is 0.462 e. The Hall–Kier alpha value is -2.63. The van der Waals surface area contributed by atoms with Crippen LogP contribution >= 0.6 is 0 Å². The smallest absolute Gasteiger partial charge is 0.306 e. The maximum Gasteiger partial charge on any atom is 0.306 e. The first-order valence-corrected chi connectivity index (χ1v) is 35.1. The van der Waals surface area contributed by atoms with Crippen LogP contribution in [0.3, 0.4) is 0 Å². The third-order valence-corrected chi connectivity index (χ3v) is 15.8. The van der Waals surface area contributed by atoms with Crippen molar-refractivity contribution in [3.8, 4) is 0 Å². The second-order valence-corrected chi connectivity index (χ2v) is 23.8. The monoisotopic (exact) mass is 1110 g/mol. The van der Waals surface area contributed by atoms with E-state index in [-0.39, 0.29) is 31.1 Å². The zero-order valence-corrected chi connectivity index (χ0v) is 53.2. The quantitative estimate of drug-likeness (QED) is 0.0261. The molecule has 462 valence electrons. The van der Waals surface area contributed by atoms with Gasteiger partial charge in [-0.2, -0.15) is 0 Å². The number of esters is 3. The van der Waals surface area contributed by atoms with E-state index < -0.39 is 6.10 Å². The van der Waals surface area contributed by atoms with Crippen LogP contribution in [-0.4, -0.2) is 37.2 Å². The van der Waals surface area contributed by atoms with E-state index in [0.717, 1.165) is 89.9 Å². The lowest BCUT2D eigenvalue weighted by Crippen LogP contribution is -2.30. The maximum absolute atomic E-state index is 12.9. The molecule has 1 atom stereocenters. The molecule has 0 radical (unpaired) electrons. The third-order valence-electron chi connectivity index (χ3n) is 15.8. The van der Waals surface area contributed by atoms with Crippen molar-refractivity contribution >= 4 is 17.9 Å². The minimum absolute atomic E-state index is 0.0720. The van der Waals surface area contributed by atoms with Gasteiger partial charge in [-0.15, -0.1) is 0 Å². The molecule has 0 N–H and O–H groups in total. The van der Waals surface area contributed by atoms with Gasteiger partial charge in [0.2, 0.25) is 0 Å². The first kappa shape index (κ1) is 76.4. The molecule has 6 nitrogen and oxygen atoms in total. The molecule has 79 heavy (non-hydrogen) atoms. The van der Waals surface area contributed by atoms with Crippen molar-refractivity contribution in [3.63, 3.8) is 0 Å². The second kappa shape index (κ2) is 67.9. The molecule has 0 heterocycles. The minimum Gasteiger partial charge on any atom is -0.462 e. The van der Waals surface area contributed by atoms with Crippen molar-refractivity contribution in [2.24, 2.45) is 0 Å². The molecule has 0 aliphatic heterocycles. The molecule has 0 fully saturated rings. The van der Waals surface area contributed by atoms with Gasteiger partial charge in [-0.1, -0.05) is 333 Å². The number of hydrogen-bond acceptors (Lipinski definition) is 6. The Morgan fingerprint density at radius 1 is 0.253 bits per heavy atom. The van der Waals surface area contributed by atoms with E-state index in [1.165, 1.54) is 250 Å². The van der Waals surface area contributed by atoms with Crippen LogP contribution < -0.4 is 0 Å². The Bertz CT molecular complexity index is 1360. The van der Waals surface area contributed by atoms with Crippen molar-refractivity contribution in [3.05, 3.63) is 48.6 Å². The molecular weight excluding hydrogens is 973 g/mol. The van der Waals surface area contributed by atoms with Gasteiger partial charge in [0.25, 0.3) is 0 Å². The van der Waals surface area contributed by atoms with E-state index in [4.69, 9.17) is 14.2 Å². The molecule has 0 aliphatic rings. The van der Waals surface area contributed by atoms with Crippen LogP contribution in [0, 0.1) is 0 Å². The molecular formula is C73H134O6. The molecule has 0 aliphatic carbocycles. The lowest BCUT2D eigenvalue weighted by Gasteiger charge is -2.18. The summed E-state index contributed by atoms with van der Waals surface area (Å²) in [5, 5.41) is 0. The molecule has 0 aromatic rings. The second-order valence-electron chi connectivity index (χ2n) is 23.8. The van der Waals surface area contributed by atoms with Crippen molar-refractivity contribution in [1.29, 1.82) is 0 Å². The van der Waals surface area contributed by atoms with Gasteiger partial charge in [-0.3, -0.25) is 14.4 Å². The molecule has 0 rings (SSSR count). The highest BCUT2D eigenvalue weighted by Gasteiger charge is 2.19. The summed E-state index contributed by atoms with van der Waals surface area (Å²) in [5.74, 6) is -0.862. The van der Waals surface area contributed by atoms with Crippen LogP contribution in [0.15, 0.2) is 48.6 Å². The first-order chi connectivity index (χ1) is 39.0. The fourth-order valence-corrected chi connectivity index (χ4v) is 10.5. The Morgan fingerprint density at radius 2 is 0.481 bits per heavy atom. The summed E-state index contributed by atoms with van der Waals surface area (Å²) < 4.78 is 16.9. The Balaban J connectivity index is 4.09. The molecule has 6 heteroatoms. The predicted octanol–water partition coefficient (Wildman–Crippen LogP) is 24.1. The van der Waals surface area contributed by atoms with E-state index in [2.05, 4.69) is 69.4 Å². The van der Waals surface area contributed by atoms with E-state index in [9.17, 15) is 14.4 Å². The van der Waals surface area contributed by atoms with E-state index in [0.29, 0.717) is 19.3 Å². The fraction of sp³-hybridized carbons (Fsp3) is 0.849. The summed E-state index contributed by atoms with van der Waals surface area (Å²) in [5.41, 5.74) is 0. The van der Waals surface area contributed by atoms with Gasteiger partial charge in [-0.05, 0) is 77.0 Å².